The second kappa shape index (κ2) is 10.8. The van der Waals surface area contributed by atoms with Gasteiger partial charge < -0.3 is 10.2 Å². The molecule has 214 valence electrons. The van der Waals surface area contributed by atoms with E-state index in [1.165, 1.54) is 12.1 Å². The van der Waals surface area contributed by atoms with Crippen LogP contribution < -0.4 is 10.9 Å². The lowest BCUT2D eigenvalue weighted by molar-refractivity contribution is 0.0741. The number of aryl methyl sites for hydroxylation is 1. The van der Waals surface area contributed by atoms with E-state index in [4.69, 9.17) is 0 Å². The molecule has 4 heterocycles. The Morgan fingerprint density at radius 3 is 2.74 bits per heavy atom. The predicted molar refractivity (Wildman–Crippen MR) is 159 cm³/mol. The normalized spacial score (nSPS) is 13.2. The van der Waals surface area contributed by atoms with Gasteiger partial charge in [-0.05, 0) is 48.4 Å². The van der Waals surface area contributed by atoms with Crippen LogP contribution >= 0.6 is 11.7 Å². The van der Waals surface area contributed by atoms with Gasteiger partial charge in [-0.2, -0.15) is 18.9 Å². The summed E-state index contributed by atoms with van der Waals surface area (Å²) < 4.78 is 25.2. The lowest BCUT2D eigenvalue weighted by Gasteiger charge is -2.20. The molecule has 1 aliphatic rings. The molecular weight excluding hydrogens is 571 g/mol. The molecule has 0 bridgehead atoms. The van der Waals surface area contributed by atoms with Gasteiger partial charge in [0.25, 0.3) is 17.4 Å². The van der Waals surface area contributed by atoms with Gasteiger partial charge in [-0.1, -0.05) is 30.3 Å². The number of hydrogen-bond acceptors (Lipinski definition) is 8. The van der Waals surface area contributed by atoms with Crippen LogP contribution in [0.3, 0.4) is 0 Å². The molecule has 3 aromatic carbocycles. The molecule has 0 aliphatic carbocycles. The maximum atomic E-state index is 15.0. The summed E-state index contributed by atoms with van der Waals surface area (Å²) in [6.07, 6.45) is 0.883. The number of fused-ring (bicyclic) bond motifs is 3. The van der Waals surface area contributed by atoms with E-state index in [9.17, 15) is 14.4 Å². The zero-order chi connectivity index (χ0) is 29.5. The van der Waals surface area contributed by atoms with E-state index in [2.05, 4.69) is 29.4 Å². The van der Waals surface area contributed by atoms with Crippen molar-refractivity contribution in [3.05, 3.63) is 111 Å². The fourth-order valence-corrected chi connectivity index (χ4v) is 5.91. The first-order valence-corrected chi connectivity index (χ1v) is 14.3. The molecule has 11 nitrogen and oxygen atoms in total. The molecule has 0 atom stereocenters. The Balaban J connectivity index is 1.11. The summed E-state index contributed by atoms with van der Waals surface area (Å²) in [7, 11) is 0. The van der Waals surface area contributed by atoms with E-state index < -0.39 is 17.6 Å². The fourth-order valence-electron chi connectivity index (χ4n) is 5.36. The van der Waals surface area contributed by atoms with Gasteiger partial charge in [0.1, 0.15) is 16.9 Å². The predicted octanol–water partition coefficient (Wildman–Crippen LogP) is 4.15. The van der Waals surface area contributed by atoms with Crippen molar-refractivity contribution in [2.24, 2.45) is 0 Å². The summed E-state index contributed by atoms with van der Waals surface area (Å²) >= 11 is 1.07. The van der Waals surface area contributed by atoms with Gasteiger partial charge in [0.05, 0.1) is 46.3 Å². The standard InChI is InChI=1S/C30H23FN8O3S/c31-22-10-9-17(14-25-19-5-1-2-6-20(19)28(40)34-33-25)13-21(22)30(42)38-11-4-12-39-18(16-38)15-26(35-39)29(41)32-23-7-3-8-24-27(23)37-43-36-24/h1-3,5-10,13,15H,4,11-12,14,16H2,(H,32,41)(H,34,40). The molecule has 13 heteroatoms. The first-order valence-electron chi connectivity index (χ1n) is 13.6. The molecule has 7 rings (SSSR count). The molecule has 1 aliphatic heterocycles. The van der Waals surface area contributed by atoms with Crippen LogP contribution in [0.25, 0.3) is 21.8 Å². The first kappa shape index (κ1) is 26.6. The van der Waals surface area contributed by atoms with Crippen molar-refractivity contribution in [1.29, 1.82) is 0 Å². The van der Waals surface area contributed by atoms with Crippen molar-refractivity contribution in [2.45, 2.75) is 25.9 Å². The molecule has 0 fully saturated rings. The van der Waals surface area contributed by atoms with E-state index in [-0.39, 0.29) is 23.4 Å². The largest absolute Gasteiger partial charge is 0.333 e. The van der Waals surface area contributed by atoms with Gasteiger partial charge in [-0.25, -0.2) is 9.49 Å². The van der Waals surface area contributed by atoms with E-state index in [0.29, 0.717) is 70.4 Å². The third-order valence-corrected chi connectivity index (χ3v) is 8.02. The second-order valence-corrected chi connectivity index (χ2v) is 10.8. The van der Waals surface area contributed by atoms with Crippen LogP contribution in [-0.2, 0) is 19.5 Å². The third-order valence-electron chi connectivity index (χ3n) is 7.48. The lowest BCUT2D eigenvalue weighted by Crippen LogP contribution is -2.31. The molecule has 0 unspecified atom stereocenters. The summed E-state index contributed by atoms with van der Waals surface area (Å²) in [5, 5.41) is 15.3. The summed E-state index contributed by atoms with van der Waals surface area (Å²) in [5.41, 5.74) is 3.67. The Morgan fingerprint density at radius 1 is 1.00 bits per heavy atom. The molecular formula is C30H23FN8O3S. The number of amides is 2. The average molecular weight is 595 g/mol. The highest BCUT2D eigenvalue weighted by atomic mass is 32.1. The number of rotatable bonds is 5. The Morgan fingerprint density at radius 2 is 1.86 bits per heavy atom. The van der Waals surface area contributed by atoms with E-state index in [0.717, 1.165) is 11.7 Å². The molecule has 0 saturated heterocycles. The summed E-state index contributed by atoms with van der Waals surface area (Å²) in [6.45, 7) is 1.07. The van der Waals surface area contributed by atoms with Crippen LogP contribution in [0.4, 0.5) is 10.1 Å². The quantitative estimate of drug-likeness (QED) is 0.306. The van der Waals surface area contributed by atoms with E-state index in [1.54, 1.807) is 46.0 Å². The van der Waals surface area contributed by atoms with Crippen molar-refractivity contribution in [3.63, 3.8) is 0 Å². The van der Waals surface area contributed by atoms with Gasteiger partial charge in [0, 0.05) is 24.9 Å². The number of H-pyrrole nitrogens is 1. The third kappa shape index (κ3) is 5.03. The molecule has 2 N–H and O–H groups in total. The van der Waals surface area contributed by atoms with Crippen molar-refractivity contribution >= 4 is 51.0 Å². The highest BCUT2D eigenvalue weighted by Crippen LogP contribution is 2.24. The van der Waals surface area contributed by atoms with Gasteiger partial charge in [-0.15, -0.1) is 0 Å². The summed E-state index contributed by atoms with van der Waals surface area (Å²) in [4.78, 5) is 40.4. The van der Waals surface area contributed by atoms with E-state index in [1.807, 2.05) is 18.2 Å². The van der Waals surface area contributed by atoms with Crippen molar-refractivity contribution < 1.29 is 14.0 Å². The SMILES string of the molecule is O=C(Nc1cccc2nsnc12)c1cc2n(n1)CCCN(C(=O)c1cc(Cc3n[nH]c(=O)c4ccccc34)ccc1F)C2. The number of aromatic nitrogens is 6. The van der Waals surface area contributed by atoms with Gasteiger partial charge >= 0.3 is 0 Å². The van der Waals surface area contributed by atoms with Crippen LogP contribution in [0.1, 0.15) is 44.2 Å². The minimum atomic E-state index is -0.628. The Kier molecular flexibility index (Phi) is 6.70. The number of nitrogens with zero attached hydrogens (tertiary/aromatic N) is 6. The van der Waals surface area contributed by atoms with Gasteiger partial charge in [-0.3, -0.25) is 19.1 Å². The molecule has 0 radical (unpaired) electrons. The number of carbonyl (C=O) groups excluding carboxylic acids is 2. The molecule has 3 aromatic heterocycles. The Labute approximate surface area is 247 Å². The fraction of sp³-hybridized carbons (Fsp3) is 0.167. The topological polar surface area (TPSA) is 139 Å². The summed E-state index contributed by atoms with van der Waals surface area (Å²) in [5.74, 6) is -1.49. The molecule has 6 aromatic rings. The minimum Gasteiger partial charge on any atom is -0.333 e. The van der Waals surface area contributed by atoms with Crippen molar-refractivity contribution in [2.75, 3.05) is 11.9 Å². The second-order valence-electron chi connectivity index (χ2n) is 10.3. The lowest BCUT2D eigenvalue weighted by atomic mass is 10.0. The number of benzene rings is 3. The number of halogens is 1. The number of hydrogen-bond donors (Lipinski definition) is 2. The Bertz CT molecular complexity index is 2100. The minimum absolute atomic E-state index is 0.0536. The van der Waals surface area contributed by atoms with Crippen LogP contribution in [0, 0.1) is 5.82 Å². The highest BCUT2D eigenvalue weighted by molar-refractivity contribution is 7.00. The maximum Gasteiger partial charge on any atom is 0.276 e. The summed E-state index contributed by atoms with van der Waals surface area (Å²) in [6, 6.07) is 18.6. The van der Waals surface area contributed by atoms with Crippen LogP contribution in [0.2, 0.25) is 0 Å². The maximum absolute atomic E-state index is 15.0. The van der Waals surface area contributed by atoms with Crippen LogP contribution in [-0.4, -0.2) is 52.0 Å². The first-order chi connectivity index (χ1) is 20.9. The molecule has 43 heavy (non-hydrogen) atoms. The van der Waals surface area contributed by atoms with E-state index >= 15 is 4.39 Å². The zero-order valence-corrected chi connectivity index (χ0v) is 23.4. The molecule has 2 amide bonds. The number of nitrogens with one attached hydrogen (secondary N) is 2. The number of carbonyl (C=O) groups is 2. The average Bonchev–Trinajstić information content (AvgIpc) is 3.62. The van der Waals surface area contributed by atoms with Gasteiger partial charge in [0.15, 0.2) is 5.69 Å². The smallest absolute Gasteiger partial charge is 0.276 e. The molecule has 0 saturated carbocycles. The van der Waals surface area contributed by atoms with Gasteiger partial charge in [0.2, 0.25) is 0 Å². The van der Waals surface area contributed by atoms with Crippen molar-refractivity contribution in [3.8, 4) is 0 Å². The monoisotopic (exact) mass is 594 g/mol. The van der Waals surface area contributed by atoms with Crippen LogP contribution in [0.5, 0.6) is 0 Å². The Hall–Kier alpha value is -5.30. The zero-order valence-electron chi connectivity index (χ0n) is 22.6. The number of aromatic amines is 1. The van der Waals surface area contributed by atoms with Crippen LogP contribution in [0.15, 0.2) is 71.5 Å². The van der Waals surface area contributed by atoms with Crippen molar-refractivity contribution in [1.82, 2.24) is 33.6 Å². The number of anilines is 1. The molecule has 0 spiro atoms. The highest BCUT2D eigenvalue weighted by Gasteiger charge is 2.26.